The molecule has 0 saturated carbocycles. The Balaban J connectivity index is 1.78. The van der Waals surface area contributed by atoms with Gasteiger partial charge in [0, 0.05) is 11.6 Å². The zero-order valence-corrected chi connectivity index (χ0v) is 11.7. The second kappa shape index (κ2) is 7.06. The van der Waals surface area contributed by atoms with Crippen molar-refractivity contribution >= 4 is 17.5 Å². The van der Waals surface area contributed by atoms with E-state index in [-0.39, 0.29) is 11.7 Å². The molecule has 2 aromatic carbocycles. The monoisotopic (exact) mass is 291 g/mol. The summed E-state index contributed by atoms with van der Waals surface area (Å²) in [5.74, 6) is -0.317. The Labute approximate surface area is 122 Å². The second-order valence-corrected chi connectivity index (χ2v) is 4.93. The number of hydrogen-bond acceptors (Lipinski definition) is 1. The summed E-state index contributed by atoms with van der Waals surface area (Å²) in [6.45, 7) is 0.424. The number of nitrogens with one attached hydrogen (secondary N) is 1. The molecule has 1 N–H and O–H groups in total. The Morgan fingerprint density at radius 2 is 1.80 bits per heavy atom. The first-order valence-corrected chi connectivity index (χ1v) is 6.77. The SMILES string of the molecule is O=C(Cc1ccc(Cl)cc1)NCCc1ccccc1F. The number of rotatable bonds is 5. The van der Waals surface area contributed by atoms with Crippen LogP contribution < -0.4 is 5.32 Å². The van der Waals surface area contributed by atoms with Crippen LogP contribution in [0.15, 0.2) is 48.5 Å². The zero-order valence-electron chi connectivity index (χ0n) is 10.9. The minimum absolute atomic E-state index is 0.0799. The van der Waals surface area contributed by atoms with E-state index in [0.29, 0.717) is 30.0 Å². The molecule has 0 unspecified atom stereocenters. The highest BCUT2D eigenvalue weighted by Gasteiger charge is 2.04. The van der Waals surface area contributed by atoms with E-state index in [1.54, 1.807) is 30.3 Å². The molecule has 2 rings (SSSR count). The number of carbonyl (C=O) groups is 1. The van der Waals surface area contributed by atoms with Crippen molar-refractivity contribution in [2.24, 2.45) is 0 Å². The van der Waals surface area contributed by atoms with Gasteiger partial charge in [0.25, 0.3) is 0 Å². The van der Waals surface area contributed by atoms with Crippen LogP contribution in [-0.2, 0) is 17.6 Å². The highest BCUT2D eigenvalue weighted by atomic mass is 35.5. The van der Waals surface area contributed by atoms with Gasteiger partial charge in [-0.3, -0.25) is 4.79 Å². The second-order valence-electron chi connectivity index (χ2n) is 4.49. The lowest BCUT2D eigenvalue weighted by Gasteiger charge is -2.06. The van der Waals surface area contributed by atoms with Crippen LogP contribution in [-0.4, -0.2) is 12.5 Å². The number of halogens is 2. The first-order valence-electron chi connectivity index (χ1n) is 6.40. The van der Waals surface area contributed by atoms with Gasteiger partial charge in [0.2, 0.25) is 5.91 Å². The van der Waals surface area contributed by atoms with Crippen LogP contribution in [0.1, 0.15) is 11.1 Å². The van der Waals surface area contributed by atoms with Crippen molar-refractivity contribution in [3.05, 3.63) is 70.5 Å². The van der Waals surface area contributed by atoms with E-state index in [2.05, 4.69) is 5.32 Å². The van der Waals surface area contributed by atoms with E-state index in [9.17, 15) is 9.18 Å². The Bertz CT molecular complexity index is 583. The Hall–Kier alpha value is -1.87. The van der Waals surface area contributed by atoms with Crippen molar-refractivity contribution in [2.45, 2.75) is 12.8 Å². The summed E-state index contributed by atoms with van der Waals surface area (Å²) in [5, 5.41) is 3.43. The Kier molecular flexibility index (Phi) is 5.13. The van der Waals surface area contributed by atoms with E-state index in [4.69, 9.17) is 11.6 Å². The van der Waals surface area contributed by atoms with Crippen LogP contribution in [0.2, 0.25) is 5.02 Å². The van der Waals surface area contributed by atoms with Crippen LogP contribution in [0.3, 0.4) is 0 Å². The van der Waals surface area contributed by atoms with Gasteiger partial charge in [-0.15, -0.1) is 0 Å². The molecule has 0 radical (unpaired) electrons. The van der Waals surface area contributed by atoms with Crippen molar-refractivity contribution in [3.63, 3.8) is 0 Å². The zero-order chi connectivity index (χ0) is 14.4. The molecule has 0 bridgehead atoms. The molecule has 0 fully saturated rings. The average molecular weight is 292 g/mol. The third-order valence-corrected chi connectivity index (χ3v) is 3.20. The molecule has 104 valence electrons. The minimum Gasteiger partial charge on any atom is -0.355 e. The predicted molar refractivity (Wildman–Crippen MR) is 78.3 cm³/mol. The number of benzene rings is 2. The molecule has 1 amide bonds. The number of hydrogen-bond donors (Lipinski definition) is 1. The Morgan fingerprint density at radius 1 is 1.10 bits per heavy atom. The highest BCUT2D eigenvalue weighted by molar-refractivity contribution is 6.30. The van der Waals surface area contributed by atoms with Gasteiger partial charge in [-0.05, 0) is 35.7 Å². The maximum absolute atomic E-state index is 13.4. The summed E-state index contributed by atoms with van der Waals surface area (Å²) in [7, 11) is 0. The van der Waals surface area contributed by atoms with Crippen LogP contribution in [0.5, 0.6) is 0 Å². The quantitative estimate of drug-likeness (QED) is 0.899. The van der Waals surface area contributed by atoms with Gasteiger partial charge >= 0.3 is 0 Å². The molecule has 0 saturated heterocycles. The summed E-state index contributed by atoms with van der Waals surface area (Å²) >= 11 is 5.78. The van der Waals surface area contributed by atoms with Crippen molar-refractivity contribution in [1.29, 1.82) is 0 Å². The van der Waals surface area contributed by atoms with E-state index in [1.807, 2.05) is 12.1 Å². The van der Waals surface area contributed by atoms with Crippen molar-refractivity contribution in [2.75, 3.05) is 6.54 Å². The van der Waals surface area contributed by atoms with E-state index in [1.165, 1.54) is 6.07 Å². The van der Waals surface area contributed by atoms with Gasteiger partial charge in [-0.2, -0.15) is 0 Å². The van der Waals surface area contributed by atoms with Crippen molar-refractivity contribution in [3.8, 4) is 0 Å². The molecule has 0 spiro atoms. The molecule has 0 aromatic heterocycles. The predicted octanol–water partition coefficient (Wildman–Crippen LogP) is 3.38. The molecular formula is C16H15ClFNO. The normalized spacial score (nSPS) is 10.3. The molecule has 0 atom stereocenters. The smallest absolute Gasteiger partial charge is 0.224 e. The molecule has 0 aliphatic carbocycles. The van der Waals surface area contributed by atoms with Crippen LogP contribution in [0, 0.1) is 5.82 Å². The molecule has 0 aliphatic rings. The largest absolute Gasteiger partial charge is 0.355 e. The summed E-state index contributed by atoms with van der Waals surface area (Å²) in [6.07, 6.45) is 0.785. The standard InChI is InChI=1S/C16H15ClFNO/c17-14-7-5-12(6-8-14)11-16(20)19-10-9-13-3-1-2-4-15(13)18/h1-8H,9-11H2,(H,19,20). The van der Waals surface area contributed by atoms with E-state index < -0.39 is 0 Å². The fourth-order valence-electron chi connectivity index (χ4n) is 1.89. The molecule has 2 aromatic rings. The number of carbonyl (C=O) groups excluding carboxylic acids is 1. The van der Waals surface area contributed by atoms with E-state index >= 15 is 0 Å². The van der Waals surface area contributed by atoms with Gasteiger partial charge in [0.1, 0.15) is 5.82 Å². The van der Waals surface area contributed by atoms with Crippen molar-refractivity contribution < 1.29 is 9.18 Å². The third-order valence-electron chi connectivity index (χ3n) is 2.95. The van der Waals surface area contributed by atoms with Crippen LogP contribution >= 0.6 is 11.6 Å². The summed E-state index contributed by atoms with van der Waals surface area (Å²) in [4.78, 5) is 11.7. The number of amides is 1. The third kappa shape index (κ3) is 4.35. The highest BCUT2D eigenvalue weighted by Crippen LogP contribution is 2.10. The lowest BCUT2D eigenvalue weighted by molar-refractivity contribution is -0.120. The summed E-state index contributed by atoms with van der Waals surface area (Å²) in [6, 6.07) is 13.7. The summed E-state index contributed by atoms with van der Waals surface area (Å²) < 4.78 is 13.4. The molecule has 4 heteroatoms. The topological polar surface area (TPSA) is 29.1 Å². The maximum atomic E-state index is 13.4. The van der Waals surface area contributed by atoms with Crippen LogP contribution in [0.4, 0.5) is 4.39 Å². The first kappa shape index (κ1) is 14.5. The van der Waals surface area contributed by atoms with Crippen LogP contribution in [0.25, 0.3) is 0 Å². The fraction of sp³-hybridized carbons (Fsp3) is 0.188. The molecule has 0 aliphatic heterocycles. The molecule has 20 heavy (non-hydrogen) atoms. The summed E-state index contributed by atoms with van der Waals surface area (Å²) in [5.41, 5.74) is 1.51. The van der Waals surface area contributed by atoms with Gasteiger partial charge in [0.15, 0.2) is 0 Å². The average Bonchev–Trinajstić information content (AvgIpc) is 2.43. The Morgan fingerprint density at radius 3 is 2.50 bits per heavy atom. The van der Waals surface area contributed by atoms with Crippen molar-refractivity contribution in [1.82, 2.24) is 5.32 Å². The first-order chi connectivity index (χ1) is 9.65. The molecular weight excluding hydrogens is 277 g/mol. The fourth-order valence-corrected chi connectivity index (χ4v) is 2.01. The lowest BCUT2D eigenvalue weighted by atomic mass is 10.1. The van der Waals surface area contributed by atoms with Gasteiger partial charge in [-0.25, -0.2) is 4.39 Å². The van der Waals surface area contributed by atoms with E-state index in [0.717, 1.165) is 5.56 Å². The van der Waals surface area contributed by atoms with Gasteiger partial charge < -0.3 is 5.32 Å². The van der Waals surface area contributed by atoms with Gasteiger partial charge in [-0.1, -0.05) is 41.9 Å². The lowest BCUT2D eigenvalue weighted by Crippen LogP contribution is -2.27. The molecule has 2 nitrogen and oxygen atoms in total. The van der Waals surface area contributed by atoms with Gasteiger partial charge in [0.05, 0.1) is 6.42 Å². The maximum Gasteiger partial charge on any atom is 0.224 e. The minimum atomic E-state index is -0.237. The molecule has 0 heterocycles.